The minimum absolute atomic E-state index is 0.0223. The molecule has 0 saturated carbocycles. The van der Waals surface area contributed by atoms with Gasteiger partial charge >= 0.3 is 0 Å². The molecule has 0 aliphatic heterocycles. The topological polar surface area (TPSA) is 35.5 Å². The van der Waals surface area contributed by atoms with Crippen LogP contribution in [0.15, 0.2) is 42.5 Å². The average Bonchev–Trinajstić information content (AvgIpc) is 2.46. The van der Waals surface area contributed by atoms with Gasteiger partial charge in [0.2, 0.25) is 0 Å². The predicted octanol–water partition coefficient (Wildman–Crippen LogP) is 3.54. The van der Waals surface area contributed by atoms with E-state index in [9.17, 15) is 4.79 Å². The van der Waals surface area contributed by atoms with Gasteiger partial charge in [0, 0.05) is 14.7 Å². The number of hydrogen-bond acceptors (Lipinski definition) is 3. The van der Waals surface area contributed by atoms with E-state index in [0.29, 0.717) is 22.6 Å². The number of carbonyl (C=O) groups excluding carboxylic acids is 1. The molecule has 4 heteroatoms. The molecule has 0 radical (unpaired) electrons. The summed E-state index contributed by atoms with van der Waals surface area (Å²) in [5.74, 6) is 1.15. The largest absolute Gasteiger partial charge is 0.493 e. The Morgan fingerprint density at radius 3 is 2.32 bits per heavy atom. The van der Waals surface area contributed by atoms with Crippen molar-refractivity contribution in [3.8, 4) is 11.5 Å². The quantitative estimate of drug-likeness (QED) is 0.612. The fraction of sp³-hybridized carbons (Fsp3) is 0.133. The molecule has 0 saturated heterocycles. The van der Waals surface area contributed by atoms with Crippen LogP contribution < -0.4 is 9.47 Å². The number of halogens is 1. The first-order chi connectivity index (χ1) is 9.17. The molecule has 2 aromatic carbocycles. The molecular weight excluding hydrogens is 355 g/mol. The Morgan fingerprint density at radius 1 is 1.00 bits per heavy atom. The van der Waals surface area contributed by atoms with Gasteiger partial charge in [0.05, 0.1) is 14.2 Å². The number of methoxy groups -OCH3 is 2. The Hall–Kier alpha value is -1.56. The fourth-order valence-corrected chi connectivity index (χ4v) is 2.41. The molecule has 0 heterocycles. The van der Waals surface area contributed by atoms with Gasteiger partial charge in [-0.15, -0.1) is 0 Å². The Bertz CT molecular complexity index is 608. The molecule has 3 nitrogen and oxygen atoms in total. The van der Waals surface area contributed by atoms with Crippen LogP contribution in [-0.4, -0.2) is 20.0 Å². The zero-order valence-corrected chi connectivity index (χ0v) is 12.8. The summed E-state index contributed by atoms with van der Waals surface area (Å²) >= 11 is 2.16. The van der Waals surface area contributed by atoms with Crippen molar-refractivity contribution in [3.05, 3.63) is 57.2 Å². The van der Waals surface area contributed by atoms with Crippen molar-refractivity contribution in [2.24, 2.45) is 0 Å². The predicted molar refractivity (Wildman–Crippen MR) is 82.1 cm³/mol. The van der Waals surface area contributed by atoms with Crippen molar-refractivity contribution >= 4 is 28.4 Å². The van der Waals surface area contributed by atoms with E-state index in [0.717, 1.165) is 3.57 Å². The lowest BCUT2D eigenvalue weighted by Gasteiger charge is -2.09. The molecule has 0 N–H and O–H groups in total. The molecule has 0 atom stereocenters. The van der Waals surface area contributed by atoms with Gasteiger partial charge in [-0.25, -0.2) is 0 Å². The van der Waals surface area contributed by atoms with E-state index < -0.39 is 0 Å². The minimum atomic E-state index is -0.0223. The summed E-state index contributed by atoms with van der Waals surface area (Å²) in [6.07, 6.45) is 0. The van der Waals surface area contributed by atoms with Crippen molar-refractivity contribution in [2.45, 2.75) is 0 Å². The van der Waals surface area contributed by atoms with Crippen molar-refractivity contribution in [1.82, 2.24) is 0 Å². The second kappa shape index (κ2) is 6.06. The van der Waals surface area contributed by atoms with E-state index in [2.05, 4.69) is 22.6 Å². The molecule has 0 aliphatic carbocycles. The molecule has 2 rings (SSSR count). The molecule has 2 aromatic rings. The monoisotopic (exact) mass is 368 g/mol. The van der Waals surface area contributed by atoms with Crippen LogP contribution >= 0.6 is 22.6 Å². The molecule has 0 spiro atoms. The lowest BCUT2D eigenvalue weighted by Crippen LogP contribution is -2.04. The van der Waals surface area contributed by atoms with Gasteiger partial charge < -0.3 is 9.47 Å². The van der Waals surface area contributed by atoms with Crippen LogP contribution in [0.1, 0.15) is 15.9 Å². The average molecular weight is 368 g/mol. The Labute approximate surface area is 125 Å². The maximum absolute atomic E-state index is 12.4. The standard InChI is InChI=1S/C15H13IO3/c1-18-13-8-7-10(9-14(13)19-2)15(17)11-5-3-4-6-12(11)16/h3-9H,1-2H3. The van der Waals surface area contributed by atoms with Crippen molar-refractivity contribution in [3.63, 3.8) is 0 Å². The van der Waals surface area contributed by atoms with E-state index >= 15 is 0 Å². The van der Waals surface area contributed by atoms with E-state index in [1.54, 1.807) is 32.4 Å². The van der Waals surface area contributed by atoms with Gasteiger partial charge in [0.1, 0.15) is 0 Å². The third kappa shape index (κ3) is 2.89. The van der Waals surface area contributed by atoms with Crippen molar-refractivity contribution < 1.29 is 14.3 Å². The highest BCUT2D eigenvalue weighted by atomic mass is 127. The van der Waals surface area contributed by atoms with E-state index in [4.69, 9.17) is 9.47 Å². The Kier molecular flexibility index (Phi) is 4.42. The van der Waals surface area contributed by atoms with Crippen LogP contribution in [0.3, 0.4) is 0 Å². The van der Waals surface area contributed by atoms with Gasteiger partial charge in [-0.05, 0) is 52.9 Å². The molecule has 0 fully saturated rings. The summed E-state index contributed by atoms with van der Waals surface area (Å²) in [6.45, 7) is 0. The van der Waals surface area contributed by atoms with Gasteiger partial charge in [0.25, 0.3) is 0 Å². The summed E-state index contributed by atoms with van der Waals surface area (Å²) in [7, 11) is 3.12. The van der Waals surface area contributed by atoms with Crippen LogP contribution in [0.5, 0.6) is 11.5 Å². The van der Waals surface area contributed by atoms with E-state index in [1.165, 1.54) is 0 Å². The number of benzene rings is 2. The molecule has 0 aliphatic rings. The highest BCUT2D eigenvalue weighted by Crippen LogP contribution is 2.29. The highest BCUT2D eigenvalue weighted by Gasteiger charge is 2.14. The first-order valence-electron chi connectivity index (χ1n) is 5.68. The molecule has 0 aromatic heterocycles. The Morgan fingerprint density at radius 2 is 1.68 bits per heavy atom. The lowest BCUT2D eigenvalue weighted by atomic mass is 10.0. The van der Waals surface area contributed by atoms with Crippen molar-refractivity contribution in [1.29, 1.82) is 0 Å². The first-order valence-corrected chi connectivity index (χ1v) is 6.76. The van der Waals surface area contributed by atoms with Crippen molar-refractivity contribution in [2.75, 3.05) is 14.2 Å². The fourth-order valence-electron chi connectivity index (χ4n) is 1.78. The maximum Gasteiger partial charge on any atom is 0.194 e. The molecule has 19 heavy (non-hydrogen) atoms. The number of carbonyl (C=O) groups is 1. The normalized spacial score (nSPS) is 10.1. The lowest BCUT2D eigenvalue weighted by molar-refractivity contribution is 0.103. The zero-order chi connectivity index (χ0) is 13.8. The summed E-state index contributed by atoms with van der Waals surface area (Å²) < 4.78 is 11.3. The molecule has 0 bridgehead atoms. The second-order valence-corrected chi connectivity index (χ2v) is 5.04. The smallest absolute Gasteiger partial charge is 0.194 e. The van der Waals surface area contributed by atoms with Gasteiger partial charge in [-0.2, -0.15) is 0 Å². The molecule has 98 valence electrons. The number of ether oxygens (including phenoxy) is 2. The molecule has 0 amide bonds. The molecular formula is C15H13IO3. The SMILES string of the molecule is COc1ccc(C(=O)c2ccccc2I)cc1OC. The Balaban J connectivity index is 2.42. The third-order valence-electron chi connectivity index (χ3n) is 2.76. The maximum atomic E-state index is 12.4. The van der Waals surface area contributed by atoms with Gasteiger partial charge in [-0.1, -0.05) is 12.1 Å². The van der Waals surface area contributed by atoms with Crippen LogP contribution in [-0.2, 0) is 0 Å². The first kappa shape index (κ1) is 13.9. The second-order valence-electron chi connectivity index (χ2n) is 3.88. The summed E-state index contributed by atoms with van der Waals surface area (Å²) in [5, 5.41) is 0. The highest BCUT2D eigenvalue weighted by molar-refractivity contribution is 14.1. The van der Waals surface area contributed by atoms with Gasteiger partial charge in [0.15, 0.2) is 17.3 Å². The van der Waals surface area contributed by atoms with E-state index in [1.807, 2.05) is 24.3 Å². The number of hydrogen-bond donors (Lipinski definition) is 0. The minimum Gasteiger partial charge on any atom is -0.493 e. The summed E-state index contributed by atoms with van der Waals surface area (Å²) in [5.41, 5.74) is 1.28. The van der Waals surface area contributed by atoms with E-state index in [-0.39, 0.29) is 5.78 Å². The number of rotatable bonds is 4. The van der Waals surface area contributed by atoms with Crippen LogP contribution in [0.2, 0.25) is 0 Å². The van der Waals surface area contributed by atoms with Crippen LogP contribution in [0.25, 0.3) is 0 Å². The third-order valence-corrected chi connectivity index (χ3v) is 3.70. The summed E-state index contributed by atoms with van der Waals surface area (Å²) in [6, 6.07) is 12.7. The van der Waals surface area contributed by atoms with Gasteiger partial charge in [-0.3, -0.25) is 4.79 Å². The number of ketones is 1. The zero-order valence-electron chi connectivity index (χ0n) is 10.6. The van der Waals surface area contributed by atoms with Crippen LogP contribution in [0, 0.1) is 3.57 Å². The molecule has 0 unspecified atom stereocenters. The summed E-state index contributed by atoms with van der Waals surface area (Å²) in [4.78, 5) is 12.4. The van der Waals surface area contributed by atoms with Crippen LogP contribution in [0.4, 0.5) is 0 Å².